The monoisotopic (exact) mass is 582 g/mol. The number of fused-ring (bicyclic) bond motifs is 8. The number of hydrogen-bond donors (Lipinski definition) is 2. The van der Waals surface area contributed by atoms with Crippen molar-refractivity contribution in [3.8, 4) is 0 Å². The smallest absolute Gasteiger partial charge is 0.410 e. The lowest BCUT2D eigenvalue weighted by molar-refractivity contribution is 0.0263. The number of nitrogens with one attached hydrogen (secondary N) is 2. The summed E-state index contributed by atoms with van der Waals surface area (Å²) in [5.74, 6) is 2.96. The molecule has 11 heteroatoms. The van der Waals surface area contributed by atoms with Gasteiger partial charge in [0.15, 0.2) is 11.6 Å². The van der Waals surface area contributed by atoms with Crippen LogP contribution in [-0.2, 0) is 4.74 Å². The van der Waals surface area contributed by atoms with Crippen molar-refractivity contribution in [1.82, 2.24) is 14.9 Å². The average Bonchev–Trinajstić information content (AvgIpc) is 3.19. The second kappa shape index (κ2) is 11.6. The van der Waals surface area contributed by atoms with Crippen molar-refractivity contribution in [1.29, 1.82) is 0 Å². The molecule has 3 fully saturated rings. The fraction of sp³-hybridized carbons (Fsp3) is 0.633. The first kappa shape index (κ1) is 28.0. The molecular formula is C30H43ClN8O2. The highest BCUT2D eigenvalue weighted by atomic mass is 35.5. The molecule has 10 nitrogen and oxygen atoms in total. The minimum absolute atomic E-state index is 0.218. The van der Waals surface area contributed by atoms with Crippen molar-refractivity contribution >= 4 is 46.5 Å². The number of piperidine rings is 2. The Bertz CT molecular complexity index is 1250. The molecule has 3 saturated heterocycles. The zero-order valence-corrected chi connectivity index (χ0v) is 25.3. The number of ether oxygens (including phenoxy) is 1. The van der Waals surface area contributed by atoms with Crippen LogP contribution in [0.15, 0.2) is 24.3 Å². The zero-order valence-electron chi connectivity index (χ0n) is 24.5. The number of rotatable bonds is 1. The van der Waals surface area contributed by atoms with E-state index in [4.69, 9.17) is 21.3 Å². The van der Waals surface area contributed by atoms with Gasteiger partial charge in [0.05, 0.1) is 11.4 Å². The van der Waals surface area contributed by atoms with Crippen LogP contribution in [0.1, 0.15) is 52.9 Å². The molecule has 0 aliphatic carbocycles. The summed E-state index contributed by atoms with van der Waals surface area (Å²) in [5, 5.41) is 7.61. The number of halogens is 1. The van der Waals surface area contributed by atoms with E-state index in [1.54, 1.807) is 0 Å². The van der Waals surface area contributed by atoms with E-state index < -0.39 is 5.60 Å². The zero-order chi connectivity index (χ0) is 28.6. The van der Waals surface area contributed by atoms with Crippen LogP contribution in [0.4, 0.5) is 33.6 Å². The van der Waals surface area contributed by atoms with Crippen molar-refractivity contribution in [2.75, 3.05) is 77.7 Å². The molecule has 2 N–H and O–H groups in total. The van der Waals surface area contributed by atoms with Crippen molar-refractivity contribution < 1.29 is 9.53 Å². The summed E-state index contributed by atoms with van der Waals surface area (Å²) in [5.41, 5.74) is 1.97. The Kier molecular flexibility index (Phi) is 7.94. The average molecular weight is 583 g/mol. The molecule has 2 aromatic heterocycles. The Morgan fingerprint density at radius 1 is 0.805 bits per heavy atom. The van der Waals surface area contributed by atoms with E-state index in [1.165, 1.54) is 37.1 Å². The normalized spacial score (nSPS) is 23.1. The van der Waals surface area contributed by atoms with Crippen LogP contribution in [0.25, 0.3) is 0 Å². The lowest BCUT2D eigenvalue weighted by Gasteiger charge is -2.41. The van der Waals surface area contributed by atoms with Crippen LogP contribution in [-0.4, -0.2) is 91.0 Å². The van der Waals surface area contributed by atoms with Crippen LogP contribution >= 0.6 is 11.6 Å². The Morgan fingerprint density at radius 2 is 1.41 bits per heavy atom. The largest absolute Gasteiger partial charge is 0.444 e. The molecule has 41 heavy (non-hydrogen) atoms. The van der Waals surface area contributed by atoms with Crippen LogP contribution in [0.2, 0.25) is 5.15 Å². The maximum Gasteiger partial charge on any atom is 0.410 e. The topological polar surface area (TPSA) is 89.1 Å². The molecule has 2 aromatic rings. The molecular weight excluding hydrogens is 540 g/mol. The van der Waals surface area contributed by atoms with Gasteiger partial charge >= 0.3 is 6.09 Å². The van der Waals surface area contributed by atoms with Gasteiger partial charge in [-0.15, -0.1) is 0 Å². The minimum Gasteiger partial charge on any atom is -0.444 e. The number of carbonyl (C=O) groups excluding carboxylic acids is 1. The number of anilines is 5. The van der Waals surface area contributed by atoms with Gasteiger partial charge in [0.25, 0.3) is 0 Å². The van der Waals surface area contributed by atoms with Crippen LogP contribution in [0, 0.1) is 0 Å². The fourth-order valence-corrected chi connectivity index (χ4v) is 6.59. The third-order valence-corrected chi connectivity index (χ3v) is 8.59. The SMILES string of the molecule is CC(C)(C)OC(=O)N1CCCN(c2ccc3c(n2)N[C@H]2CCCN3C2)CC1.Clc1ccc2c(n1)N[C@H]1CCCN2C1. The van der Waals surface area contributed by atoms with E-state index in [9.17, 15) is 4.79 Å². The molecule has 0 unspecified atom stereocenters. The molecule has 4 bridgehead atoms. The maximum absolute atomic E-state index is 12.4. The second-order valence-electron chi connectivity index (χ2n) is 12.7. The molecule has 5 aliphatic heterocycles. The summed E-state index contributed by atoms with van der Waals surface area (Å²) >= 11 is 5.86. The van der Waals surface area contributed by atoms with Crippen molar-refractivity contribution in [2.45, 2.75) is 70.6 Å². The lowest BCUT2D eigenvalue weighted by Crippen LogP contribution is -2.46. The summed E-state index contributed by atoms with van der Waals surface area (Å²) in [4.78, 5) is 30.5. The molecule has 2 atom stereocenters. The molecule has 0 saturated carbocycles. The highest BCUT2D eigenvalue weighted by molar-refractivity contribution is 6.29. The van der Waals surface area contributed by atoms with Crippen molar-refractivity contribution in [3.05, 3.63) is 29.4 Å². The summed E-state index contributed by atoms with van der Waals surface area (Å²) < 4.78 is 5.53. The summed E-state index contributed by atoms with van der Waals surface area (Å²) in [6.45, 7) is 13.3. The number of amides is 1. The highest BCUT2D eigenvalue weighted by Gasteiger charge is 2.30. The van der Waals surface area contributed by atoms with E-state index in [0.29, 0.717) is 23.8 Å². The first-order chi connectivity index (χ1) is 19.7. The molecule has 222 valence electrons. The van der Waals surface area contributed by atoms with Gasteiger partial charge in [-0.05, 0) is 77.1 Å². The van der Waals surface area contributed by atoms with Crippen molar-refractivity contribution in [3.63, 3.8) is 0 Å². The van der Waals surface area contributed by atoms with Gasteiger partial charge < -0.3 is 35.0 Å². The third kappa shape index (κ3) is 6.52. The van der Waals surface area contributed by atoms with E-state index in [2.05, 4.69) is 48.5 Å². The van der Waals surface area contributed by atoms with Crippen molar-refractivity contribution in [2.24, 2.45) is 0 Å². The maximum atomic E-state index is 12.4. The molecule has 7 rings (SSSR count). The van der Waals surface area contributed by atoms with Gasteiger partial charge in [0, 0.05) is 64.4 Å². The molecule has 7 heterocycles. The van der Waals surface area contributed by atoms with Gasteiger partial charge in [-0.25, -0.2) is 14.8 Å². The second-order valence-corrected chi connectivity index (χ2v) is 13.1. The van der Waals surface area contributed by atoms with Gasteiger partial charge in [0.2, 0.25) is 0 Å². The first-order valence-corrected chi connectivity index (χ1v) is 15.5. The predicted molar refractivity (Wildman–Crippen MR) is 166 cm³/mol. The number of pyridine rings is 2. The quantitative estimate of drug-likeness (QED) is 0.448. The predicted octanol–water partition coefficient (Wildman–Crippen LogP) is 5.05. The van der Waals surface area contributed by atoms with Crippen LogP contribution in [0.3, 0.4) is 0 Å². The Labute approximate surface area is 248 Å². The van der Waals surface area contributed by atoms with Crippen LogP contribution in [0.5, 0.6) is 0 Å². The number of hydrogen-bond acceptors (Lipinski definition) is 9. The Hall–Kier alpha value is -3.14. The van der Waals surface area contributed by atoms with Gasteiger partial charge in [-0.1, -0.05) is 11.6 Å². The Balaban J connectivity index is 0.000000180. The summed E-state index contributed by atoms with van der Waals surface area (Å²) in [6.07, 6.45) is 5.66. The molecule has 0 aromatic carbocycles. The van der Waals surface area contributed by atoms with E-state index >= 15 is 0 Å². The van der Waals surface area contributed by atoms with Gasteiger partial charge in [-0.3, -0.25) is 0 Å². The van der Waals surface area contributed by atoms with E-state index in [-0.39, 0.29) is 6.09 Å². The molecule has 1 amide bonds. The van der Waals surface area contributed by atoms with Crippen LogP contribution < -0.4 is 25.3 Å². The summed E-state index contributed by atoms with van der Waals surface area (Å²) in [6, 6.07) is 9.31. The van der Waals surface area contributed by atoms with E-state index in [0.717, 1.165) is 69.7 Å². The number of carbonyl (C=O) groups is 1. The van der Waals surface area contributed by atoms with Gasteiger partial charge in [-0.2, -0.15) is 0 Å². The highest BCUT2D eigenvalue weighted by Crippen LogP contribution is 2.35. The number of aromatic nitrogens is 2. The summed E-state index contributed by atoms with van der Waals surface area (Å²) in [7, 11) is 0. The van der Waals surface area contributed by atoms with Gasteiger partial charge in [0.1, 0.15) is 16.6 Å². The first-order valence-electron chi connectivity index (χ1n) is 15.2. The fourth-order valence-electron chi connectivity index (χ4n) is 6.44. The third-order valence-electron chi connectivity index (χ3n) is 8.38. The standard InChI is InChI=1S/C20H31N5O2.C10H12ClN3/c1-20(2,3)27-19(26)24-11-5-10-23(12-13-24)17-8-7-16-18(22-17)21-15-6-4-9-25(16)14-15;11-9-4-3-8-10(13-9)12-7-2-1-5-14(8)6-7/h7-8,15H,4-6,9-14H2,1-3H3,(H,21,22);3-4,7H,1-2,5-6H2,(H,12,13)/t15-;7-/m00/s1. The van der Waals surface area contributed by atoms with E-state index in [1.807, 2.05) is 31.7 Å². The molecule has 0 radical (unpaired) electrons. The minimum atomic E-state index is -0.456. The number of nitrogens with zero attached hydrogens (tertiary/aromatic N) is 6. The Morgan fingerprint density at radius 3 is 2.07 bits per heavy atom. The molecule has 0 spiro atoms. The lowest BCUT2D eigenvalue weighted by atomic mass is 10.0. The molecule has 5 aliphatic rings.